The van der Waals surface area contributed by atoms with Crippen molar-refractivity contribution in [3.63, 3.8) is 0 Å². The smallest absolute Gasteiger partial charge is 0.376 e. The third-order valence-electron chi connectivity index (χ3n) is 5.99. The third kappa shape index (κ3) is 5.27. The van der Waals surface area contributed by atoms with E-state index in [1.165, 1.54) is 36.4 Å². The lowest BCUT2D eigenvalue weighted by Crippen LogP contribution is -2.57. The Morgan fingerprint density at radius 2 is 1.71 bits per heavy atom. The predicted octanol–water partition coefficient (Wildman–Crippen LogP) is 3.22. The first kappa shape index (κ1) is 26.9. The Balaban J connectivity index is 1.93. The summed E-state index contributed by atoms with van der Waals surface area (Å²) in [4.78, 5) is 1.70. The standard InChI is InChI=1S/C21H27F3N2O5S3/c1-15(2)33(28,29)14-18-13-25(34(30,31)19-5-4-12-32-19)10-11-26(18)17-8-6-16(7-9-17)20(3,27)21(22,23)24/h4-9,12,15,18,27H,10-11,13-14H2,1-3H3. The van der Waals surface area contributed by atoms with Gasteiger partial charge in [-0.1, -0.05) is 18.2 Å². The van der Waals surface area contributed by atoms with Gasteiger partial charge in [0.05, 0.1) is 17.0 Å². The van der Waals surface area contributed by atoms with Crippen molar-refractivity contribution in [3.05, 3.63) is 47.3 Å². The Kier molecular flexibility index (Phi) is 7.46. The molecule has 1 aromatic heterocycles. The fourth-order valence-corrected chi connectivity index (χ4v) is 7.49. The van der Waals surface area contributed by atoms with Crippen molar-refractivity contribution in [3.8, 4) is 0 Å². The highest BCUT2D eigenvalue weighted by atomic mass is 32.2. The molecule has 1 fully saturated rings. The van der Waals surface area contributed by atoms with Gasteiger partial charge in [-0.25, -0.2) is 16.8 Å². The lowest BCUT2D eigenvalue weighted by Gasteiger charge is -2.42. The molecule has 190 valence electrons. The van der Waals surface area contributed by atoms with Gasteiger partial charge in [-0.15, -0.1) is 11.3 Å². The van der Waals surface area contributed by atoms with Crippen LogP contribution in [0.25, 0.3) is 0 Å². The van der Waals surface area contributed by atoms with Crippen LogP contribution in [0.2, 0.25) is 0 Å². The van der Waals surface area contributed by atoms with Crippen molar-refractivity contribution < 1.29 is 35.1 Å². The summed E-state index contributed by atoms with van der Waals surface area (Å²) in [5.74, 6) is -0.316. The zero-order valence-corrected chi connectivity index (χ0v) is 21.3. The number of piperazine rings is 1. The summed E-state index contributed by atoms with van der Waals surface area (Å²) in [5, 5.41) is 10.9. The maximum Gasteiger partial charge on any atom is 0.421 e. The molecule has 1 aliphatic rings. The summed E-state index contributed by atoms with van der Waals surface area (Å²) >= 11 is 1.07. The van der Waals surface area contributed by atoms with Crippen LogP contribution in [0.5, 0.6) is 0 Å². The van der Waals surface area contributed by atoms with Crippen molar-refractivity contribution in [1.82, 2.24) is 4.31 Å². The largest absolute Gasteiger partial charge is 0.421 e. The fraction of sp³-hybridized carbons (Fsp3) is 0.524. The number of benzene rings is 1. The number of anilines is 1. The Bertz CT molecular complexity index is 1190. The number of hydrogen-bond donors (Lipinski definition) is 1. The minimum Gasteiger partial charge on any atom is -0.376 e. The Morgan fingerprint density at radius 3 is 2.21 bits per heavy atom. The van der Waals surface area contributed by atoms with E-state index in [0.717, 1.165) is 23.5 Å². The van der Waals surface area contributed by atoms with Gasteiger partial charge in [0.15, 0.2) is 15.4 Å². The first-order chi connectivity index (χ1) is 15.6. The van der Waals surface area contributed by atoms with E-state index >= 15 is 0 Å². The van der Waals surface area contributed by atoms with E-state index in [2.05, 4.69) is 0 Å². The second-order valence-corrected chi connectivity index (χ2v) is 14.4. The van der Waals surface area contributed by atoms with Gasteiger partial charge in [0.1, 0.15) is 4.21 Å². The topological polar surface area (TPSA) is 95.0 Å². The number of rotatable bonds is 7. The molecule has 13 heteroatoms. The molecule has 0 radical (unpaired) electrons. The average molecular weight is 541 g/mol. The van der Waals surface area contributed by atoms with E-state index in [0.29, 0.717) is 12.6 Å². The van der Waals surface area contributed by atoms with Crippen LogP contribution in [0.1, 0.15) is 26.3 Å². The molecule has 0 amide bonds. The van der Waals surface area contributed by atoms with Crippen LogP contribution in [0.15, 0.2) is 46.0 Å². The van der Waals surface area contributed by atoms with Crippen LogP contribution in [0.3, 0.4) is 0 Å². The lowest BCUT2D eigenvalue weighted by molar-refractivity contribution is -0.258. The number of alkyl halides is 3. The van der Waals surface area contributed by atoms with Crippen LogP contribution < -0.4 is 4.90 Å². The zero-order valence-electron chi connectivity index (χ0n) is 18.9. The van der Waals surface area contributed by atoms with Gasteiger partial charge < -0.3 is 10.0 Å². The molecular formula is C21H27F3N2O5S3. The normalized spacial score (nSPS) is 20.5. The monoisotopic (exact) mass is 540 g/mol. The molecule has 1 aliphatic heterocycles. The molecule has 0 saturated carbocycles. The lowest BCUT2D eigenvalue weighted by atomic mass is 9.95. The SMILES string of the molecule is CC(C)S(=O)(=O)CC1CN(S(=O)(=O)c2cccs2)CCN1c1ccc(C(C)(O)C(F)(F)F)cc1. The highest BCUT2D eigenvalue weighted by Crippen LogP contribution is 2.39. The summed E-state index contributed by atoms with van der Waals surface area (Å²) in [5.41, 5.74) is -2.95. The van der Waals surface area contributed by atoms with E-state index in [-0.39, 0.29) is 35.2 Å². The summed E-state index contributed by atoms with van der Waals surface area (Å²) in [7, 11) is -7.36. The van der Waals surface area contributed by atoms with E-state index in [1.807, 2.05) is 0 Å². The first-order valence-corrected chi connectivity index (χ1v) is 14.5. The summed E-state index contributed by atoms with van der Waals surface area (Å²) in [6.45, 7) is 3.88. The van der Waals surface area contributed by atoms with E-state index in [9.17, 15) is 35.1 Å². The number of thiophene rings is 1. The summed E-state index contributed by atoms with van der Waals surface area (Å²) in [6, 6.07) is 7.41. The molecule has 0 spiro atoms. The van der Waals surface area contributed by atoms with Crippen molar-refractivity contribution in [2.24, 2.45) is 0 Å². The Hall–Kier alpha value is -1.67. The molecule has 2 unspecified atom stereocenters. The quantitative estimate of drug-likeness (QED) is 0.580. The molecule has 0 aliphatic carbocycles. The molecule has 2 atom stereocenters. The van der Waals surface area contributed by atoms with Crippen LogP contribution in [-0.2, 0) is 25.5 Å². The van der Waals surface area contributed by atoms with Gasteiger partial charge in [-0.05, 0) is 49.9 Å². The second kappa shape index (κ2) is 9.41. The molecular weight excluding hydrogens is 513 g/mol. The first-order valence-electron chi connectivity index (χ1n) is 10.5. The van der Waals surface area contributed by atoms with Crippen LogP contribution in [-0.4, -0.2) is 69.1 Å². The van der Waals surface area contributed by atoms with Crippen molar-refractivity contribution >= 4 is 36.9 Å². The predicted molar refractivity (Wildman–Crippen MR) is 125 cm³/mol. The Morgan fingerprint density at radius 1 is 1.09 bits per heavy atom. The van der Waals surface area contributed by atoms with Gasteiger partial charge in [0, 0.05) is 25.3 Å². The maximum atomic E-state index is 13.2. The molecule has 7 nitrogen and oxygen atoms in total. The van der Waals surface area contributed by atoms with Crippen molar-refractivity contribution in [2.45, 2.75) is 48.0 Å². The molecule has 1 aromatic carbocycles. The van der Waals surface area contributed by atoms with Crippen LogP contribution in [0.4, 0.5) is 18.9 Å². The number of nitrogens with zero attached hydrogens (tertiary/aromatic N) is 2. The van der Waals surface area contributed by atoms with Gasteiger partial charge in [-0.2, -0.15) is 17.5 Å². The van der Waals surface area contributed by atoms with Crippen molar-refractivity contribution in [1.29, 1.82) is 0 Å². The molecule has 34 heavy (non-hydrogen) atoms. The minimum atomic E-state index is -4.87. The van der Waals surface area contributed by atoms with Crippen molar-refractivity contribution in [2.75, 3.05) is 30.3 Å². The van der Waals surface area contributed by atoms with Gasteiger partial charge >= 0.3 is 6.18 Å². The number of sulfone groups is 1. The summed E-state index contributed by atoms with van der Waals surface area (Å²) < 4.78 is 92.4. The summed E-state index contributed by atoms with van der Waals surface area (Å²) in [6.07, 6.45) is -4.87. The molecule has 0 bridgehead atoms. The second-order valence-electron chi connectivity index (χ2n) is 8.64. The minimum absolute atomic E-state index is 0.0838. The molecule has 2 aromatic rings. The Labute approximate surface area is 201 Å². The zero-order chi connectivity index (χ0) is 25.5. The maximum absolute atomic E-state index is 13.2. The number of sulfonamides is 1. The highest BCUT2D eigenvalue weighted by molar-refractivity contribution is 7.92. The average Bonchev–Trinajstić information content (AvgIpc) is 3.28. The highest BCUT2D eigenvalue weighted by Gasteiger charge is 2.51. The van der Waals surface area contributed by atoms with Crippen LogP contribution in [0, 0.1) is 0 Å². The van der Waals surface area contributed by atoms with E-state index < -0.39 is 42.9 Å². The molecule has 1 saturated heterocycles. The van der Waals surface area contributed by atoms with Gasteiger partial charge in [0.2, 0.25) is 0 Å². The third-order valence-corrected chi connectivity index (χ3v) is 11.5. The molecule has 2 heterocycles. The van der Waals surface area contributed by atoms with E-state index in [4.69, 9.17) is 0 Å². The van der Waals surface area contributed by atoms with Gasteiger partial charge in [-0.3, -0.25) is 0 Å². The number of hydrogen-bond acceptors (Lipinski definition) is 7. The van der Waals surface area contributed by atoms with Crippen LogP contribution >= 0.6 is 11.3 Å². The molecule has 3 rings (SSSR count). The van der Waals surface area contributed by atoms with Gasteiger partial charge in [0.25, 0.3) is 10.0 Å². The number of aliphatic hydroxyl groups is 1. The van der Waals surface area contributed by atoms with E-state index in [1.54, 1.807) is 16.3 Å². The number of halogens is 3. The fourth-order valence-electron chi connectivity index (χ4n) is 3.67. The molecule has 1 N–H and O–H groups in total.